The lowest BCUT2D eigenvalue weighted by Gasteiger charge is -2.15. The summed E-state index contributed by atoms with van der Waals surface area (Å²) < 4.78 is 12.1. The van der Waals surface area contributed by atoms with Crippen LogP contribution in [0.3, 0.4) is 0 Å². The molecule has 0 saturated carbocycles. The van der Waals surface area contributed by atoms with Gasteiger partial charge in [0.05, 0.1) is 18.6 Å². The Hall–Kier alpha value is -4.09. The molecule has 0 spiro atoms. The molecule has 0 atom stereocenters. The van der Waals surface area contributed by atoms with Gasteiger partial charge in [-0.1, -0.05) is 54.1 Å². The molecule has 2 heterocycles. The van der Waals surface area contributed by atoms with Crippen LogP contribution in [0.25, 0.3) is 38.4 Å². The number of hydrogen-bond donors (Lipinski definition) is 1. The Morgan fingerprint density at radius 3 is 2.69 bits per heavy atom. The molecule has 1 N–H and O–H groups in total. The number of benzene rings is 3. The Morgan fingerprint density at radius 2 is 1.89 bits per heavy atom. The number of ether oxygens (including phenoxy) is 1. The first-order valence-electron chi connectivity index (χ1n) is 11.7. The van der Waals surface area contributed by atoms with E-state index in [1.54, 1.807) is 30.7 Å². The number of amides is 1. The Bertz CT molecular complexity index is 1630. The lowest BCUT2D eigenvalue weighted by Crippen LogP contribution is -2.09. The molecule has 0 fully saturated rings. The number of aromatic nitrogens is 1. The molecule has 0 radical (unpaired) electrons. The lowest BCUT2D eigenvalue weighted by molar-refractivity contribution is -0.111. The highest BCUT2D eigenvalue weighted by Gasteiger charge is 2.20. The molecule has 5 aromatic rings. The van der Waals surface area contributed by atoms with Gasteiger partial charge in [-0.15, -0.1) is 0 Å². The topological polar surface area (TPSA) is 64.4 Å². The molecule has 36 heavy (non-hydrogen) atoms. The molecule has 0 bridgehead atoms. The molecule has 5 nitrogen and oxygen atoms in total. The summed E-state index contributed by atoms with van der Waals surface area (Å²) in [7, 11) is 0. The van der Waals surface area contributed by atoms with Crippen molar-refractivity contribution in [2.75, 3.05) is 11.9 Å². The maximum Gasteiger partial charge on any atom is 0.248 e. The van der Waals surface area contributed by atoms with E-state index in [4.69, 9.17) is 20.8 Å². The van der Waals surface area contributed by atoms with E-state index in [1.165, 1.54) is 0 Å². The lowest BCUT2D eigenvalue weighted by atomic mass is 9.94. The molecule has 0 aliphatic heterocycles. The van der Waals surface area contributed by atoms with Crippen LogP contribution in [0.4, 0.5) is 5.69 Å². The van der Waals surface area contributed by atoms with Crippen molar-refractivity contribution < 1.29 is 13.9 Å². The number of pyridine rings is 1. The van der Waals surface area contributed by atoms with Crippen molar-refractivity contribution in [3.63, 3.8) is 0 Å². The van der Waals surface area contributed by atoms with Crippen molar-refractivity contribution in [2.45, 2.75) is 20.8 Å². The van der Waals surface area contributed by atoms with Crippen LogP contribution in [-0.2, 0) is 4.79 Å². The molecule has 0 aliphatic carbocycles. The number of hydrogen-bond acceptors (Lipinski definition) is 4. The number of nitrogens with zero attached hydrogens (tertiary/aromatic N) is 1. The van der Waals surface area contributed by atoms with Crippen LogP contribution in [0.1, 0.15) is 25.0 Å². The summed E-state index contributed by atoms with van der Waals surface area (Å²) >= 11 is 6.10. The van der Waals surface area contributed by atoms with E-state index in [0.29, 0.717) is 18.0 Å². The normalized spacial score (nSPS) is 11.7. The van der Waals surface area contributed by atoms with Gasteiger partial charge in [-0.2, -0.15) is 0 Å². The Labute approximate surface area is 214 Å². The van der Waals surface area contributed by atoms with Crippen molar-refractivity contribution in [3.05, 3.63) is 95.5 Å². The average Bonchev–Trinajstić information content (AvgIpc) is 3.30. The van der Waals surface area contributed by atoms with E-state index >= 15 is 0 Å². The maximum absolute atomic E-state index is 12.8. The predicted molar refractivity (Wildman–Crippen MR) is 147 cm³/mol. The van der Waals surface area contributed by atoms with Gasteiger partial charge in [-0.25, -0.2) is 4.98 Å². The fourth-order valence-corrected chi connectivity index (χ4v) is 4.70. The zero-order valence-corrected chi connectivity index (χ0v) is 21.0. The summed E-state index contributed by atoms with van der Waals surface area (Å²) in [5, 5.41) is 6.31. The molecule has 5 rings (SSSR count). The molecular formula is C30H25ClN2O3. The average molecular weight is 497 g/mol. The third-order valence-electron chi connectivity index (χ3n) is 6.20. The number of furan rings is 1. The minimum absolute atomic E-state index is 0.238. The fourth-order valence-electron chi connectivity index (χ4n) is 4.53. The molecule has 0 saturated heterocycles. The van der Waals surface area contributed by atoms with Crippen molar-refractivity contribution in [3.8, 4) is 16.9 Å². The molecule has 6 heteroatoms. The Balaban J connectivity index is 1.63. The number of allylic oxidation sites excluding steroid dienone is 1. The molecule has 0 aliphatic rings. The van der Waals surface area contributed by atoms with Gasteiger partial charge in [0, 0.05) is 34.3 Å². The van der Waals surface area contributed by atoms with Crippen molar-refractivity contribution >= 4 is 50.5 Å². The van der Waals surface area contributed by atoms with Crippen molar-refractivity contribution in [2.24, 2.45) is 0 Å². The second-order valence-corrected chi connectivity index (χ2v) is 8.88. The first-order valence-corrected chi connectivity index (χ1v) is 12.1. The quantitative estimate of drug-likeness (QED) is 0.191. The van der Waals surface area contributed by atoms with E-state index in [2.05, 4.69) is 40.6 Å². The standard InChI is InChI=1S/C30H25ClN2O3/c1-4-35-28-19(3)29-24(25(17-36-29)22-12-7-10-20-9-5-6-11-21(20)22)16-23(28)18(2)15-27(34)33-26-13-8-14-32-30(26)31/h5-17H,4H2,1-3H3,(H,33,34)/b18-15+. The Kier molecular flexibility index (Phi) is 6.49. The van der Waals surface area contributed by atoms with Gasteiger partial charge < -0.3 is 14.5 Å². The maximum atomic E-state index is 12.8. The molecular weight excluding hydrogens is 472 g/mol. The Morgan fingerprint density at radius 1 is 1.08 bits per heavy atom. The number of rotatable bonds is 6. The number of aryl methyl sites for hydroxylation is 1. The molecule has 1 amide bonds. The summed E-state index contributed by atoms with van der Waals surface area (Å²) in [5.41, 5.74) is 5.78. The second kappa shape index (κ2) is 9.88. The minimum atomic E-state index is -0.302. The monoisotopic (exact) mass is 496 g/mol. The molecule has 180 valence electrons. The first kappa shape index (κ1) is 23.6. The summed E-state index contributed by atoms with van der Waals surface area (Å²) in [6, 6.07) is 20.0. The number of fused-ring (bicyclic) bond motifs is 2. The van der Waals surface area contributed by atoms with Crippen LogP contribution in [0.2, 0.25) is 5.15 Å². The van der Waals surface area contributed by atoms with Gasteiger partial charge >= 0.3 is 0 Å². The highest BCUT2D eigenvalue weighted by molar-refractivity contribution is 6.32. The first-order chi connectivity index (χ1) is 17.5. The van der Waals surface area contributed by atoms with Gasteiger partial charge in [0.1, 0.15) is 11.3 Å². The third kappa shape index (κ3) is 4.34. The number of carbonyl (C=O) groups excluding carboxylic acids is 1. The number of halogens is 1. The summed E-state index contributed by atoms with van der Waals surface area (Å²) in [6.07, 6.45) is 4.92. The SMILES string of the molecule is CCOc1c(/C(C)=C/C(=O)Nc2cccnc2Cl)cc2c(-c3cccc4ccccc34)coc2c1C. The third-order valence-corrected chi connectivity index (χ3v) is 6.50. The summed E-state index contributed by atoms with van der Waals surface area (Å²) in [6.45, 7) is 6.30. The molecule has 0 unspecified atom stereocenters. The summed E-state index contributed by atoms with van der Waals surface area (Å²) in [5.74, 6) is 0.397. The van der Waals surface area contributed by atoms with Crippen LogP contribution in [0, 0.1) is 6.92 Å². The van der Waals surface area contributed by atoms with Gasteiger partial charge in [-0.05, 0) is 60.9 Å². The number of carbonyl (C=O) groups is 1. The highest BCUT2D eigenvalue weighted by Crippen LogP contribution is 2.42. The van der Waals surface area contributed by atoms with Crippen molar-refractivity contribution in [1.29, 1.82) is 0 Å². The molecule has 3 aromatic carbocycles. The predicted octanol–water partition coefficient (Wildman–Crippen LogP) is 8.05. The van der Waals surface area contributed by atoms with E-state index < -0.39 is 0 Å². The molecule has 2 aromatic heterocycles. The van der Waals surface area contributed by atoms with Gasteiger partial charge in [0.2, 0.25) is 5.91 Å². The van der Waals surface area contributed by atoms with E-state index in [0.717, 1.165) is 49.6 Å². The van der Waals surface area contributed by atoms with Crippen LogP contribution < -0.4 is 10.1 Å². The number of nitrogens with one attached hydrogen (secondary N) is 1. The number of anilines is 1. The highest BCUT2D eigenvalue weighted by atomic mass is 35.5. The van der Waals surface area contributed by atoms with Crippen LogP contribution in [0.5, 0.6) is 5.75 Å². The van der Waals surface area contributed by atoms with Crippen LogP contribution >= 0.6 is 11.6 Å². The van der Waals surface area contributed by atoms with Gasteiger partial charge in [-0.3, -0.25) is 4.79 Å². The van der Waals surface area contributed by atoms with E-state index in [1.807, 2.05) is 39.0 Å². The van der Waals surface area contributed by atoms with Crippen molar-refractivity contribution in [1.82, 2.24) is 4.98 Å². The largest absolute Gasteiger partial charge is 0.493 e. The van der Waals surface area contributed by atoms with Crippen LogP contribution in [0.15, 0.2) is 83.6 Å². The summed E-state index contributed by atoms with van der Waals surface area (Å²) in [4.78, 5) is 16.8. The van der Waals surface area contributed by atoms with Crippen LogP contribution in [-0.4, -0.2) is 17.5 Å². The minimum Gasteiger partial charge on any atom is -0.493 e. The zero-order chi connectivity index (χ0) is 25.2. The van der Waals surface area contributed by atoms with Gasteiger partial charge in [0.25, 0.3) is 0 Å². The zero-order valence-electron chi connectivity index (χ0n) is 20.3. The van der Waals surface area contributed by atoms with E-state index in [-0.39, 0.29) is 11.1 Å². The smallest absolute Gasteiger partial charge is 0.248 e. The second-order valence-electron chi connectivity index (χ2n) is 8.52. The van der Waals surface area contributed by atoms with Gasteiger partial charge in [0.15, 0.2) is 5.15 Å². The van der Waals surface area contributed by atoms with E-state index in [9.17, 15) is 4.79 Å². The fraction of sp³-hybridized carbons (Fsp3) is 0.133.